The third kappa shape index (κ3) is 5.16. The van der Waals surface area contributed by atoms with Gasteiger partial charge in [0.05, 0.1) is 10.2 Å². The molecule has 3 rings (SSSR count). The highest BCUT2D eigenvalue weighted by atomic mass is 35.5. The van der Waals surface area contributed by atoms with Crippen LogP contribution in [0.3, 0.4) is 0 Å². The molecule has 0 radical (unpaired) electrons. The fourth-order valence-corrected chi connectivity index (χ4v) is 3.88. The van der Waals surface area contributed by atoms with Crippen molar-refractivity contribution < 1.29 is 4.79 Å². The molecule has 0 fully saturated rings. The summed E-state index contributed by atoms with van der Waals surface area (Å²) in [6.07, 6.45) is 4.20. The molecule has 1 aromatic heterocycles. The molecule has 0 spiro atoms. The maximum Gasteiger partial charge on any atom is 0.252 e. The molecule has 2 aromatic carbocycles. The molecular formula is C21H22ClN3OS. The van der Waals surface area contributed by atoms with E-state index < -0.39 is 0 Å². The van der Waals surface area contributed by atoms with Gasteiger partial charge in [-0.25, -0.2) is 4.98 Å². The molecule has 6 heteroatoms. The number of rotatable bonds is 7. The van der Waals surface area contributed by atoms with Gasteiger partial charge in [0.2, 0.25) is 0 Å². The van der Waals surface area contributed by atoms with Gasteiger partial charge in [-0.2, -0.15) is 0 Å². The Hall–Kier alpha value is -2.21. The third-order valence-corrected chi connectivity index (χ3v) is 5.48. The number of thiazole rings is 1. The largest absolute Gasteiger partial charge is 0.309 e. The Labute approximate surface area is 168 Å². The van der Waals surface area contributed by atoms with Crippen LogP contribution in [0.25, 0.3) is 16.3 Å². The van der Waals surface area contributed by atoms with E-state index in [0.29, 0.717) is 11.6 Å². The van der Waals surface area contributed by atoms with E-state index >= 15 is 0 Å². The van der Waals surface area contributed by atoms with Crippen LogP contribution in [0, 0.1) is 0 Å². The summed E-state index contributed by atoms with van der Waals surface area (Å²) < 4.78 is 1.08. The Morgan fingerprint density at radius 3 is 2.59 bits per heavy atom. The topological polar surface area (TPSA) is 36.4 Å². The Balaban J connectivity index is 1.84. The second-order valence-electron chi connectivity index (χ2n) is 6.47. The normalized spacial score (nSPS) is 11.6. The molecule has 0 atom stereocenters. The average Bonchev–Trinajstić information content (AvgIpc) is 3.08. The van der Waals surface area contributed by atoms with E-state index in [0.717, 1.165) is 33.9 Å². The molecular weight excluding hydrogens is 378 g/mol. The smallest absolute Gasteiger partial charge is 0.252 e. The zero-order valence-electron chi connectivity index (χ0n) is 15.4. The van der Waals surface area contributed by atoms with Crippen molar-refractivity contribution in [1.82, 2.24) is 9.88 Å². The van der Waals surface area contributed by atoms with Crippen molar-refractivity contribution in [2.75, 3.05) is 32.1 Å². The number of carbonyl (C=O) groups is 1. The van der Waals surface area contributed by atoms with Crippen molar-refractivity contribution >= 4 is 50.3 Å². The summed E-state index contributed by atoms with van der Waals surface area (Å²) in [6.45, 7) is 1.52. The van der Waals surface area contributed by atoms with Crippen LogP contribution < -0.4 is 4.90 Å². The number of hydrogen-bond donors (Lipinski definition) is 0. The predicted molar refractivity (Wildman–Crippen MR) is 116 cm³/mol. The van der Waals surface area contributed by atoms with Gasteiger partial charge in [-0.1, -0.05) is 53.3 Å². The lowest BCUT2D eigenvalue weighted by Crippen LogP contribution is -2.32. The number of benzene rings is 2. The van der Waals surface area contributed by atoms with Crippen molar-refractivity contribution in [2.45, 2.75) is 6.42 Å². The van der Waals surface area contributed by atoms with Gasteiger partial charge in [-0.3, -0.25) is 9.69 Å². The second-order valence-corrected chi connectivity index (χ2v) is 7.88. The quantitative estimate of drug-likeness (QED) is 0.527. The lowest BCUT2D eigenvalue weighted by molar-refractivity contribution is -0.114. The molecule has 0 aliphatic carbocycles. The number of fused-ring (bicyclic) bond motifs is 1. The fraction of sp³-hybridized carbons (Fsp3) is 0.238. The van der Waals surface area contributed by atoms with Gasteiger partial charge in [0.25, 0.3) is 5.91 Å². The molecule has 4 nitrogen and oxygen atoms in total. The van der Waals surface area contributed by atoms with Crippen molar-refractivity contribution in [3.63, 3.8) is 0 Å². The highest BCUT2D eigenvalue weighted by molar-refractivity contribution is 7.22. The number of nitrogens with zero attached hydrogens (tertiary/aromatic N) is 3. The first kappa shape index (κ1) is 19.5. The van der Waals surface area contributed by atoms with Crippen LogP contribution in [0.2, 0.25) is 5.02 Å². The highest BCUT2D eigenvalue weighted by Crippen LogP contribution is 2.29. The van der Waals surface area contributed by atoms with Gasteiger partial charge in [-0.15, -0.1) is 0 Å². The summed E-state index contributed by atoms with van der Waals surface area (Å²) in [7, 11) is 4.06. The van der Waals surface area contributed by atoms with Gasteiger partial charge in [0.15, 0.2) is 5.13 Å². The molecule has 0 bridgehead atoms. The van der Waals surface area contributed by atoms with Gasteiger partial charge < -0.3 is 4.90 Å². The standard InChI is InChI=1S/C21H22ClN3OS/c1-24(2)14-7-15-25(21-23-18-10-5-6-11-19(18)27-21)20(26)13-12-16-8-3-4-9-17(16)22/h3-6,8-13H,7,14-15H2,1-2H3/b13-12+. The van der Waals surface area contributed by atoms with Gasteiger partial charge >= 0.3 is 0 Å². The SMILES string of the molecule is CN(C)CCCN(C(=O)/C=C/c1ccccc1Cl)c1nc2ccccc2s1. The van der Waals surface area contributed by atoms with E-state index in [9.17, 15) is 4.79 Å². The lowest BCUT2D eigenvalue weighted by Gasteiger charge is -2.19. The van der Waals surface area contributed by atoms with Crippen LogP contribution in [-0.2, 0) is 4.79 Å². The first-order valence-electron chi connectivity index (χ1n) is 8.79. The maximum atomic E-state index is 12.9. The molecule has 140 valence electrons. The van der Waals surface area contributed by atoms with Gasteiger partial charge in [0, 0.05) is 17.6 Å². The first-order chi connectivity index (χ1) is 13.0. The van der Waals surface area contributed by atoms with Crippen LogP contribution in [0.15, 0.2) is 54.6 Å². The fourth-order valence-electron chi connectivity index (χ4n) is 2.68. The molecule has 3 aromatic rings. The summed E-state index contributed by atoms with van der Waals surface area (Å²) >= 11 is 7.72. The monoisotopic (exact) mass is 399 g/mol. The summed E-state index contributed by atoms with van der Waals surface area (Å²) in [5.41, 5.74) is 1.74. The van der Waals surface area contributed by atoms with Crippen molar-refractivity contribution in [2.24, 2.45) is 0 Å². The van der Waals surface area contributed by atoms with E-state index in [-0.39, 0.29) is 5.91 Å². The second kappa shape index (κ2) is 9.13. The molecule has 1 amide bonds. The molecule has 1 heterocycles. The lowest BCUT2D eigenvalue weighted by atomic mass is 10.2. The highest BCUT2D eigenvalue weighted by Gasteiger charge is 2.17. The van der Waals surface area contributed by atoms with Crippen LogP contribution in [0.5, 0.6) is 0 Å². The van der Waals surface area contributed by atoms with E-state index in [1.54, 1.807) is 17.1 Å². The minimum Gasteiger partial charge on any atom is -0.309 e. The summed E-state index contributed by atoms with van der Waals surface area (Å²) in [5.74, 6) is -0.0901. The van der Waals surface area contributed by atoms with E-state index in [2.05, 4.69) is 9.88 Å². The van der Waals surface area contributed by atoms with Crippen molar-refractivity contribution in [3.05, 3.63) is 65.2 Å². The Kier molecular flexibility index (Phi) is 6.61. The molecule has 0 aliphatic heterocycles. The molecule has 27 heavy (non-hydrogen) atoms. The maximum absolute atomic E-state index is 12.9. The number of aromatic nitrogens is 1. The number of hydrogen-bond acceptors (Lipinski definition) is 4. The van der Waals surface area contributed by atoms with Crippen molar-refractivity contribution in [3.8, 4) is 0 Å². The molecule has 0 N–H and O–H groups in total. The molecule has 0 saturated carbocycles. The van der Waals surface area contributed by atoms with Crippen molar-refractivity contribution in [1.29, 1.82) is 0 Å². The van der Waals surface area contributed by atoms with Crippen LogP contribution in [-0.4, -0.2) is 43.0 Å². The summed E-state index contributed by atoms with van der Waals surface area (Å²) in [6, 6.07) is 15.4. The molecule has 0 aliphatic rings. The summed E-state index contributed by atoms with van der Waals surface area (Å²) in [5, 5.41) is 1.35. The van der Waals surface area contributed by atoms with E-state index in [1.807, 2.05) is 62.6 Å². The summed E-state index contributed by atoms with van der Waals surface area (Å²) in [4.78, 5) is 21.4. The Bertz CT molecular complexity index is 918. The van der Waals surface area contributed by atoms with Gasteiger partial charge in [-0.05, 0) is 56.9 Å². The minimum atomic E-state index is -0.0901. The van der Waals surface area contributed by atoms with Crippen LogP contribution in [0.4, 0.5) is 5.13 Å². The minimum absolute atomic E-state index is 0.0901. The zero-order chi connectivity index (χ0) is 19.2. The van der Waals surface area contributed by atoms with E-state index in [1.165, 1.54) is 11.3 Å². The number of anilines is 1. The molecule has 0 unspecified atom stereocenters. The zero-order valence-corrected chi connectivity index (χ0v) is 17.0. The Morgan fingerprint density at radius 2 is 1.85 bits per heavy atom. The first-order valence-corrected chi connectivity index (χ1v) is 9.98. The van der Waals surface area contributed by atoms with E-state index in [4.69, 9.17) is 11.6 Å². The third-order valence-electron chi connectivity index (χ3n) is 4.08. The Morgan fingerprint density at radius 1 is 1.11 bits per heavy atom. The number of amides is 1. The average molecular weight is 400 g/mol. The number of carbonyl (C=O) groups excluding carboxylic acids is 1. The van der Waals surface area contributed by atoms with Crippen LogP contribution >= 0.6 is 22.9 Å². The molecule has 0 saturated heterocycles. The van der Waals surface area contributed by atoms with Crippen LogP contribution in [0.1, 0.15) is 12.0 Å². The predicted octanol–water partition coefficient (Wildman–Crippen LogP) is 4.95. The number of halogens is 1. The number of para-hydroxylation sites is 1. The van der Waals surface area contributed by atoms with Gasteiger partial charge in [0.1, 0.15) is 0 Å².